The van der Waals surface area contributed by atoms with E-state index in [1.807, 2.05) is 87.4 Å². The number of benzene rings is 1. The van der Waals surface area contributed by atoms with Crippen molar-refractivity contribution in [2.45, 2.75) is 94.9 Å². The lowest BCUT2D eigenvalue weighted by molar-refractivity contribution is -0.128. The van der Waals surface area contributed by atoms with Crippen LogP contribution < -0.4 is 0 Å². The summed E-state index contributed by atoms with van der Waals surface area (Å²) >= 11 is 0. The van der Waals surface area contributed by atoms with Crippen molar-refractivity contribution in [2.24, 2.45) is 0 Å². The fourth-order valence-corrected chi connectivity index (χ4v) is 1.93. The van der Waals surface area contributed by atoms with Crippen molar-refractivity contribution in [1.29, 1.82) is 0 Å². The second-order valence-electron chi connectivity index (χ2n) is 4.03. The molecule has 0 spiro atoms. The van der Waals surface area contributed by atoms with Crippen LogP contribution in [0.5, 0.6) is 0 Å². The third-order valence-corrected chi connectivity index (χ3v) is 2.84. The maximum atomic E-state index is 12.1. The molecule has 154 valence electrons. The Bertz CT molecular complexity index is 388. The highest BCUT2D eigenvalue weighted by Gasteiger charge is 2.23. The molecular formula is C23H45NO2. The van der Waals surface area contributed by atoms with Gasteiger partial charge in [0, 0.05) is 18.5 Å². The largest absolute Gasteiger partial charge is 0.279 e. The number of imide groups is 1. The van der Waals surface area contributed by atoms with Crippen LogP contribution in [0.1, 0.15) is 105 Å². The summed E-state index contributed by atoms with van der Waals surface area (Å²) in [5, 5.41) is 0. The van der Waals surface area contributed by atoms with Gasteiger partial charge in [-0.25, -0.2) is 0 Å². The summed E-state index contributed by atoms with van der Waals surface area (Å²) in [7, 11) is 0. The van der Waals surface area contributed by atoms with Crippen LogP contribution in [0.4, 0.5) is 0 Å². The van der Waals surface area contributed by atoms with E-state index in [0.29, 0.717) is 18.5 Å². The van der Waals surface area contributed by atoms with E-state index in [0.717, 1.165) is 19.3 Å². The standard InChI is InChI=1S/C13H15NO2.5C2H6/c15-12-9-5-2-6-10-14(12)13(16)11-7-3-1-4-8-11;5*1-2/h1,3-4,7-8H,2,5-6,9-10H2;5*1-2H3. The van der Waals surface area contributed by atoms with Crippen LogP contribution in [0, 0.1) is 0 Å². The lowest BCUT2D eigenvalue weighted by Crippen LogP contribution is -2.36. The molecule has 0 aromatic heterocycles. The highest BCUT2D eigenvalue weighted by Crippen LogP contribution is 2.14. The Morgan fingerprint density at radius 2 is 1.19 bits per heavy atom. The molecule has 0 aliphatic carbocycles. The minimum Gasteiger partial charge on any atom is -0.279 e. The monoisotopic (exact) mass is 367 g/mol. The maximum Gasteiger partial charge on any atom is 0.260 e. The Labute approximate surface area is 164 Å². The van der Waals surface area contributed by atoms with Crippen LogP contribution in [0.3, 0.4) is 0 Å². The van der Waals surface area contributed by atoms with E-state index >= 15 is 0 Å². The van der Waals surface area contributed by atoms with Crippen LogP contribution >= 0.6 is 0 Å². The molecule has 0 saturated carbocycles. The Kier molecular flexibility index (Phi) is 34.8. The first-order valence-electron chi connectivity index (χ1n) is 10.7. The van der Waals surface area contributed by atoms with Crippen LogP contribution in [-0.2, 0) is 4.79 Å². The molecule has 1 aromatic rings. The van der Waals surface area contributed by atoms with Crippen LogP contribution in [0.15, 0.2) is 30.3 Å². The zero-order valence-corrected chi connectivity index (χ0v) is 19.2. The first-order valence-corrected chi connectivity index (χ1v) is 10.7. The van der Waals surface area contributed by atoms with E-state index in [1.54, 1.807) is 12.1 Å². The van der Waals surface area contributed by atoms with Crippen molar-refractivity contribution in [2.75, 3.05) is 6.54 Å². The molecular weight excluding hydrogens is 322 g/mol. The van der Waals surface area contributed by atoms with Gasteiger partial charge in [0.15, 0.2) is 0 Å². The Balaban J connectivity index is -0.000000210. The predicted molar refractivity (Wildman–Crippen MR) is 118 cm³/mol. The van der Waals surface area contributed by atoms with Gasteiger partial charge in [0.05, 0.1) is 0 Å². The molecule has 0 bridgehead atoms. The first-order chi connectivity index (χ1) is 12.8. The molecule has 1 aliphatic heterocycles. The molecule has 0 radical (unpaired) electrons. The third-order valence-electron chi connectivity index (χ3n) is 2.84. The molecule has 0 unspecified atom stereocenters. The number of amides is 2. The van der Waals surface area contributed by atoms with Gasteiger partial charge in [0.2, 0.25) is 5.91 Å². The average molecular weight is 368 g/mol. The molecule has 1 fully saturated rings. The minimum atomic E-state index is -0.160. The lowest BCUT2D eigenvalue weighted by atomic mass is 10.2. The molecule has 0 N–H and O–H groups in total. The second kappa shape index (κ2) is 28.2. The number of carbonyl (C=O) groups excluding carboxylic acids is 2. The SMILES string of the molecule is CC.CC.CC.CC.CC.O=C1CCCCCN1C(=O)c1ccccc1. The Morgan fingerprint density at radius 1 is 0.731 bits per heavy atom. The Morgan fingerprint density at radius 3 is 1.65 bits per heavy atom. The highest BCUT2D eigenvalue weighted by molar-refractivity contribution is 6.04. The molecule has 3 heteroatoms. The summed E-state index contributed by atoms with van der Waals surface area (Å²) in [6.45, 7) is 20.6. The summed E-state index contributed by atoms with van der Waals surface area (Å²) in [6, 6.07) is 8.99. The summed E-state index contributed by atoms with van der Waals surface area (Å²) in [4.78, 5) is 25.2. The van der Waals surface area contributed by atoms with Crippen molar-refractivity contribution < 1.29 is 9.59 Å². The molecule has 1 aromatic carbocycles. The van der Waals surface area contributed by atoms with Crippen LogP contribution in [-0.4, -0.2) is 23.3 Å². The van der Waals surface area contributed by atoms with E-state index in [1.165, 1.54) is 4.90 Å². The molecule has 3 nitrogen and oxygen atoms in total. The summed E-state index contributed by atoms with van der Waals surface area (Å²) in [5.74, 6) is -0.196. The van der Waals surface area contributed by atoms with Crippen molar-refractivity contribution in [3.63, 3.8) is 0 Å². The van der Waals surface area contributed by atoms with Gasteiger partial charge in [0.25, 0.3) is 5.91 Å². The second-order valence-corrected chi connectivity index (χ2v) is 4.03. The average Bonchev–Trinajstić information content (AvgIpc) is 2.99. The van der Waals surface area contributed by atoms with Crippen molar-refractivity contribution in [3.05, 3.63) is 35.9 Å². The van der Waals surface area contributed by atoms with Gasteiger partial charge in [-0.2, -0.15) is 0 Å². The van der Waals surface area contributed by atoms with E-state index < -0.39 is 0 Å². The van der Waals surface area contributed by atoms with Gasteiger partial charge in [-0.1, -0.05) is 93.9 Å². The van der Waals surface area contributed by atoms with Gasteiger partial charge in [-0.05, 0) is 25.0 Å². The summed E-state index contributed by atoms with van der Waals surface area (Å²) in [6.07, 6.45) is 3.35. The van der Waals surface area contributed by atoms with E-state index in [2.05, 4.69) is 0 Å². The number of rotatable bonds is 1. The molecule has 1 aliphatic rings. The van der Waals surface area contributed by atoms with Gasteiger partial charge < -0.3 is 0 Å². The van der Waals surface area contributed by atoms with Gasteiger partial charge in [-0.15, -0.1) is 0 Å². The summed E-state index contributed by atoms with van der Waals surface area (Å²) in [5.41, 5.74) is 0.595. The topological polar surface area (TPSA) is 37.4 Å². The van der Waals surface area contributed by atoms with Gasteiger partial charge >= 0.3 is 0 Å². The van der Waals surface area contributed by atoms with Crippen molar-refractivity contribution in [3.8, 4) is 0 Å². The molecule has 0 atom stereocenters. The normalized spacial score (nSPS) is 11.6. The summed E-state index contributed by atoms with van der Waals surface area (Å²) < 4.78 is 0. The van der Waals surface area contributed by atoms with Gasteiger partial charge in [-0.3, -0.25) is 14.5 Å². The Hall–Kier alpha value is -1.64. The zero-order chi connectivity index (χ0) is 21.4. The quantitative estimate of drug-likeness (QED) is 0.486. The van der Waals surface area contributed by atoms with Crippen molar-refractivity contribution in [1.82, 2.24) is 4.90 Å². The third kappa shape index (κ3) is 14.7. The number of hydrogen-bond acceptors (Lipinski definition) is 2. The molecule has 2 rings (SSSR count). The van der Waals surface area contributed by atoms with Crippen LogP contribution in [0.25, 0.3) is 0 Å². The smallest absolute Gasteiger partial charge is 0.260 e. The predicted octanol–water partition coefficient (Wildman–Crippen LogP) is 7.36. The van der Waals surface area contributed by atoms with E-state index in [4.69, 9.17) is 0 Å². The highest BCUT2D eigenvalue weighted by atomic mass is 16.2. The van der Waals surface area contributed by atoms with Crippen molar-refractivity contribution >= 4 is 11.8 Å². The maximum absolute atomic E-state index is 12.1. The number of likely N-dealkylation sites (tertiary alicyclic amines) is 1. The van der Waals surface area contributed by atoms with Crippen LogP contribution in [0.2, 0.25) is 0 Å². The fraction of sp³-hybridized carbons (Fsp3) is 0.652. The number of carbonyl (C=O) groups is 2. The molecule has 1 heterocycles. The number of hydrogen-bond donors (Lipinski definition) is 0. The first kappa shape index (κ1) is 32.1. The minimum absolute atomic E-state index is 0.0358. The lowest BCUT2D eigenvalue weighted by Gasteiger charge is -2.18. The van der Waals surface area contributed by atoms with E-state index in [-0.39, 0.29) is 11.8 Å². The number of nitrogens with zero attached hydrogens (tertiary/aromatic N) is 1. The fourth-order valence-electron chi connectivity index (χ4n) is 1.93. The molecule has 2 amide bonds. The zero-order valence-electron chi connectivity index (χ0n) is 19.2. The van der Waals surface area contributed by atoms with E-state index in [9.17, 15) is 9.59 Å². The molecule has 26 heavy (non-hydrogen) atoms. The van der Waals surface area contributed by atoms with Gasteiger partial charge in [0.1, 0.15) is 0 Å². The molecule has 1 saturated heterocycles.